The SMILES string of the molecule is CCOC(=O)C(CC)Nc1cc(C(F)(F)F)ccc1F. The van der Waals surface area contributed by atoms with Crippen LogP contribution in [0, 0.1) is 5.82 Å². The van der Waals surface area contributed by atoms with Crippen LogP contribution in [0.3, 0.4) is 0 Å². The molecule has 1 N–H and O–H groups in total. The zero-order valence-electron chi connectivity index (χ0n) is 11.1. The minimum absolute atomic E-state index is 0.141. The maximum absolute atomic E-state index is 13.5. The number of benzene rings is 1. The van der Waals surface area contributed by atoms with Crippen LogP contribution in [0.1, 0.15) is 25.8 Å². The average molecular weight is 293 g/mol. The molecule has 7 heteroatoms. The van der Waals surface area contributed by atoms with Gasteiger partial charge in [0.15, 0.2) is 0 Å². The van der Waals surface area contributed by atoms with E-state index in [2.05, 4.69) is 5.32 Å². The first-order valence-corrected chi connectivity index (χ1v) is 6.09. The van der Waals surface area contributed by atoms with Gasteiger partial charge in [0.25, 0.3) is 0 Å². The van der Waals surface area contributed by atoms with E-state index in [1.807, 2.05) is 0 Å². The molecule has 0 radical (unpaired) electrons. The molecule has 3 nitrogen and oxygen atoms in total. The lowest BCUT2D eigenvalue weighted by Gasteiger charge is -2.18. The van der Waals surface area contributed by atoms with Crippen molar-refractivity contribution in [2.45, 2.75) is 32.5 Å². The molecule has 0 saturated carbocycles. The molecule has 0 aromatic heterocycles. The predicted octanol–water partition coefficient (Wildman–Crippen LogP) is 3.60. The molecule has 0 aliphatic heterocycles. The van der Waals surface area contributed by atoms with E-state index in [-0.39, 0.29) is 18.7 Å². The van der Waals surface area contributed by atoms with Gasteiger partial charge in [-0.2, -0.15) is 13.2 Å². The van der Waals surface area contributed by atoms with Crippen LogP contribution >= 0.6 is 0 Å². The van der Waals surface area contributed by atoms with Crippen LogP contribution < -0.4 is 5.32 Å². The zero-order chi connectivity index (χ0) is 15.3. The molecule has 0 fully saturated rings. The zero-order valence-corrected chi connectivity index (χ0v) is 11.1. The molecule has 1 aromatic rings. The summed E-state index contributed by atoms with van der Waals surface area (Å²) in [4.78, 5) is 11.5. The Bertz CT molecular complexity index is 474. The Morgan fingerprint density at radius 3 is 2.50 bits per heavy atom. The van der Waals surface area contributed by atoms with Crippen LogP contribution in [-0.2, 0) is 15.7 Å². The molecule has 1 aromatic carbocycles. The van der Waals surface area contributed by atoms with E-state index < -0.39 is 29.6 Å². The Hall–Kier alpha value is -1.79. The highest BCUT2D eigenvalue weighted by atomic mass is 19.4. The number of halogens is 4. The molecule has 0 aliphatic rings. The van der Waals surface area contributed by atoms with Crippen LogP contribution in [0.25, 0.3) is 0 Å². The number of carbonyl (C=O) groups is 1. The lowest BCUT2D eigenvalue weighted by atomic mass is 10.1. The predicted molar refractivity (Wildman–Crippen MR) is 65.7 cm³/mol. The van der Waals surface area contributed by atoms with Crippen LogP contribution in [0.15, 0.2) is 18.2 Å². The van der Waals surface area contributed by atoms with Crippen molar-refractivity contribution in [3.63, 3.8) is 0 Å². The van der Waals surface area contributed by atoms with Gasteiger partial charge in [-0.3, -0.25) is 0 Å². The van der Waals surface area contributed by atoms with Crippen molar-refractivity contribution in [3.8, 4) is 0 Å². The number of rotatable bonds is 5. The first-order valence-electron chi connectivity index (χ1n) is 6.09. The number of hydrogen-bond acceptors (Lipinski definition) is 3. The van der Waals surface area contributed by atoms with Crippen molar-refractivity contribution >= 4 is 11.7 Å². The van der Waals surface area contributed by atoms with Crippen molar-refractivity contribution < 1.29 is 27.1 Å². The van der Waals surface area contributed by atoms with E-state index in [0.29, 0.717) is 18.2 Å². The number of alkyl halides is 3. The molecule has 1 atom stereocenters. The minimum Gasteiger partial charge on any atom is -0.464 e. The van der Waals surface area contributed by atoms with E-state index in [0.717, 1.165) is 0 Å². The highest BCUT2D eigenvalue weighted by Crippen LogP contribution is 2.32. The van der Waals surface area contributed by atoms with E-state index in [4.69, 9.17) is 4.74 Å². The van der Waals surface area contributed by atoms with Gasteiger partial charge in [0, 0.05) is 0 Å². The van der Waals surface area contributed by atoms with Gasteiger partial charge in [-0.25, -0.2) is 9.18 Å². The molecular formula is C13H15F4NO2. The third-order valence-electron chi connectivity index (χ3n) is 2.60. The normalized spacial score (nSPS) is 12.9. The fourth-order valence-corrected chi connectivity index (χ4v) is 1.57. The third-order valence-corrected chi connectivity index (χ3v) is 2.60. The minimum atomic E-state index is -4.57. The molecule has 0 amide bonds. The van der Waals surface area contributed by atoms with Crippen LogP contribution in [-0.4, -0.2) is 18.6 Å². The maximum atomic E-state index is 13.5. The maximum Gasteiger partial charge on any atom is 0.416 e. The monoisotopic (exact) mass is 293 g/mol. The fourth-order valence-electron chi connectivity index (χ4n) is 1.57. The number of ether oxygens (including phenoxy) is 1. The number of nitrogens with one attached hydrogen (secondary N) is 1. The second-order valence-electron chi connectivity index (χ2n) is 4.05. The number of carbonyl (C=O) groups excluding carboxylic acids is 1. The lowest BCUT2D eigenvalue weighted by Crippen LogP contribution is -2.31. The summed E-state index contributed by atoms with van der Waals surface area (Å²) in [6, 6.07) is 1.10. The highest BCUT2D eigenvalue weighted by molar-refractivity contribution is 5.79. The molecule has 112 valence electrons. The molecule has 0 spiro atoms. The topological polar surface area (TPSA) is 38.3 Å². The molecular weight excluding hydrogens is 278 g/mol. The molecule has 20 heavy (non-hydrogen) atoms. The summed E-state index contributed by atoms with van der Waals surface area (Å²) in [5, 5.41) is 2.44. The summed E-state index contributed by atoms with van der Waals surface area (Å²) in [6.45, 7) is 3.39. The summed E-state index contributed by atoms with van der Waals surface area (Å²) >= 11 is 0. The van der Waals surface area contributed by atoms with Crippen molar-refractivity contribution in [2.75, 3.05) is 11.9 Å². The van der Waals surface area contributed by atoms with Crippen LogP contribution in [0.2, 0.25) is 0 Å². The van der Waals surface area contributed by atoms with Gasteiger partial charge < -0.3 is 10.1 Å². The van der Waals surface area contributed by atoms with Gasteiger partial charge in [-0.15, -0.1) is 0 Å². The Morgan fingerprint density at radius 2 is 2.00 bits per heavy atom. The molecule has 0 heterocycles. The number of esters is 1. The summed E-state index contributed by atoms with van der Waals surface area (Å²) in [6.07, 6.45) is -4.32. The van der Waals surface area contributed by atoms with E-state index >= 15 is 0 Å². The largest absolute Gasteiger partial charge is 0.464 e. The second kappa shape index (κ2) is 6.58. The highest BCUT2D eigenvalue weighted by Gasteiger charge is 2.31. The lowest BCUT2D eigenvalue weighted by molar-refractivity contribution is -0.144. The van der Waals surface area contributed by atoms with Crippen molar-refractivity contribution in [3.05, 3.63) is 29.6 Å². The Kier molecular flexibility index (Phi) is 5.35. The van der Waals surface area contributed by atoms with Gasteiger partial charge in [0.2, 0.25) is 0 Å². The molecule has 0 bridgehead atoms. The third kappa shape index (κ3) is 4.11. The second-order valence-corrected chi connectivity index (χ2v) is 4.05. The first-order chi connectivity index (χ1) is 9.29. The summed E-state index contributed by atoms with van der Waals surface area (Å²) < 4.78 is 55.9. The number of hydrogen-bond donors (Lipinski definition) is 1. The van der Waals surface area contributed by atoms with Gasteiger partial charge in [0.1, 0.15) is 11.9 Å². The fraction of sp³-hybridized carbons (Fsp3) is 0.462. The Balaban J connectivity index is 2.98. The Labute approximate surface area is 113 Å². The molecule has 0 aliphatic carbocycles. The van der Waals surface area contributed by atoms with E-state index in [9.17, 15) is 22.4 Å². The molecule has 1 rings (SSSR count). The van der Waals surface area contributed by atoms with Crippen molar-refractivity contribution in [1.29, 1.82) is 0 Å². The standard InChI is InChI=1S/C13H15F4NO2/c1-3-10(12(19)20-4-2)18-11-7-8(13(15,16)17)5-6-9(11)14/h5-7,10,18H,3-4H2,1-2H3. The van der Waals surface area contributed by atoms with Gasteiger partial charge in [-0.1, -0.05) is 6.92 Å². The smallest absolute Gasteiger partial charge is 0.416 e. The summed E-state index contributed by atoms with van der Waals surface area (Å²) in [7, 11) is 0. The summed E-state index contributed by atoms with van der Waals surface area (Å²) in [5.41, 5.74) is -1.36. The Morgan fingerprint density at radius 1 is 1.35 bits per heavy atom. The van der Waals surface area contributed by atoms with Crippen LogP contribution in [0.5, 0.6) is 0 Å². The van der Waals surface area contributed by atoms with Gasteiger partial charge in [0.05, 0.1) is 17.9 Å². The molecule has 0 saturated heterocycles. The van der Waals surface area contributed by atoms with Crippen LogP contribution in [0.4, 0.5) is 23.2 Å². The summed E-state index contributed by atoms with van der Waals surface area (Å²) in [5.74, 6) is -1.49. The van der Waals surface area contributed by atoms with E-state index in [1.54, 1.807) is 13.8 Å². The van der Waals surface area contributed by atoms with Gasteiger partial charge in [-0.05, 0) is 31.5 Å². The average Bonchev–Trinajstić information content (AvgIpc) is 2.36. The molecule has 1 unspecified atom stereocenters. The quantitative estimate of drug-likeness (QED) is 0.666. The first kappa shape index (κ1) is 16.3. The van der Waals surface area contributed by atoms with Crippen molar-refractivity contribution in [2.24, 2.45) is 0 Å². The number of anilines is 1. The van der Waals surface area contributed by atoms with Gasteiger partial charge >= 0.3 is 12.1 Å². The van der Waals surface area contributed by atoms with E-state index in [1.165, 1.54) is 0 Å². The van der Waals surface area contributed by atoms with Crippen molar-refractivity contribution in [1.82, 2.24) is 0 Å².